The number of carbonyl (C=O) groups is 1. The van der Waals surface area contributed by atoms with E-state index in [4.69, 9.17) is 9.47 Å². The number of amides is 1. The van der Waals surface area contributed by atoms with Crippen molar-refractivity contribution >= 4 is 5.91 Å². The zero-order valence-electron chi connectivity index (χ0n) is 15.7. The van der Waals surface area contributed by atoms with Crippen molar-refractivity contribution in [2.45, 2.75) is 50.6 Å². The van der Waals surface area contributed by atoms with Crippen LogP contribution in [-0.2, 0) is 11.2 Å². The van der Waals surface area contributed by atoms with Crippen LogP contribution in [0, 0.1) is 0 Å². The summed E-state index contributed by atoms with van der Waals surface area (Å²) in [5, 5.41) is 0. The van der Waals surface area contributed by atoms with Crippen molar-refractivity contribution in [3.05, 3.63) is 23.8 Å². The standard InChI is InChI=1S/C20H30N2O3/c1-21-12-4-6-16(21)17-7-5-13-22(17)20(23)11-9-15-8-10-18(24-2)19(14-15)25-3/h8,10,14,16-17H,4-7,9,11-13H2,1-3H3/t16-,17-/m0/s1. The lowest BCUT2D eigenvalue weighted by Gasteiger charge is -2.33. The van der Waals surface area contributed by atoms with Crippen LogP contribution in [0.2, 0.25) is 0 Å². The first-order chi connectivity index (χ1) is 12.1. The molecule has 2 aliphatic heterocycles. The van der Waals surface area contributed by atoms with Gasteiger partial charge < -0.3 is 19.3 Å². The number of methoxy groups -OCH3 is 2. The Morgan fingerprint density at radius 3 is 2.48 bits per heavy atom. The Bertz CT molecular complexity index is 605. The van der Waals surface area contributed by atoms with Gasteiger partial charge in [0.05, 0.1) is 14.2 Å². The number of nitrogens with zero attached hydrogens (tertiary/aromatic N) is 2. The first-order valence-electron chi connectivity index (χ1n) is 9.34. The molecule has 0 spiro atoms. The van der Waals surface area contributed by atoms with Crippen molar-refractivity contribution in [1.29, 1.82) is 0 Å². The summed E-state index contributed by atoms with van der Waals surface area (Å²) in [6.07, 6.45) is 6.06. The SMILES string of the molecule is COc1ccc(CCC(=O)N2CCC[C@H]2[C@@H]2CCCN2C)cc1OC. The summed E-state index contributed by atoms with van der Waals surface area (Å²) in [6, 6.07) is 6.85. The molecular weight excluding hydrogens is 316 g/mol. The van der Waals surface area contributed by atoms with E-state index in [-0.39, 0.29) is 5.91 Å². The molecule has 0 aromatic heterocycles. The first-order valence-corrected chi connectivity index (χ1v) is 9.34. The number of likely N-dealkylation sites (tertiary alicyclic amines) is 2. The minimum atomic E-state index is 0.289. The normalized spacial score (nSPS) is 23.9. The molecule has 2 heterocycles. The molecule has 0 bridgehead atoms. The van der Waals surface area contributed by atoms with E-state index < -0.39 is 0 Å². The highest BCUT2D eigenvalue weighted by atomic mass is 16.5. The van der Waals surface area contributed by atoms with E-state index in [0.29, 0.717) is 18.5 Å². The Hall–Kier alpha value is -1.75. The molecule has 1 aromatic carbocycles. The number of rotatable bonds is 6. The van der Waals surface area contributed by atoms with E-state index in [1.54, 1.807) is 14.2 Å². The van der Waals surface area contributed by atoms with E-state index in [1.165, 1.54) is 12.8 Å². The summed E-state index contributed by atoms with van der Waals surface area (Å²) in [5.41, 5.74) is 1.11. The molecule has 0 aliphatic carbocycles. The maximum absolute atomic E-state index is 12.8. The number of hydrogen-bond donors (Lipinski definition) is 0. The van der Waals surface area contributed by atoms with Crippen LogP contribution >= 0.6 is 0 Å². The van der Waals surface area contributed by atoms with Crippen LogP contribution in [0.25, 0.3) is 0 Å². The fourth-order valence-corrected chi connectivity index (χ4v) is 4.36. The van der Waals surface area contributed by atoms with Crippen LogP contribution in [0.5, 0.6) is 11.5 Å². The molecule has 0 N–H and O–H groups in total. The van der Waals surface area contributed by atoms with Crippen molar-refractivity contribution in [3.63, 3.8) is 0 Å². The minimum Gasteiger partial charge on any atom is -0.493 e. The van der Waals surface area contributed by atoms with Crippen LogP contribution in [0.3, 0.4) is 0 Å². The Morgan fingerprint density at radius 2 is 1.80 bits per heavy atom. The second-order valence-corrected chi connectivity index (χ2v) is 7.18. The maximum Gasteiger partial charge on any atom is 0.223 e. The second-order valence-electron chi connectivity index (χ2n) is 7.18. The van der Waals surface area contributed by atoms with Crippen LogP contribution in [-0.4, -0.2) is 62.1 Å². The molecule has 2 saturated heterocycles. The summed E-state index contributed by atoms with van der Waals surface area (Å²) in [5.74, 6) is 1.73. The lowest BCUT2D eigenvalue weighted by atomic mass is 10.0. The molecule has 5 nitrogen and oxygen atoms in total. The maximum atomic E-state index is 12.8. The summed E-state index contributed by atoms with van der Waals surface area (Å²) in [7, 11) is 5.47. The van der Waals surface area contributed by atoms with Crippen LogP contribution in [0.15, 0.2) is 18.2 Å². The molecule has 0 unspecified atom stereocenters. The molecule has 2 fully saturated rings. The van der Waals surface area contributed by atoms with E-state index in [1.807, 2.05) is 18.2 Å². The van der Waals surface area contributed by atoms with Crippen molar-refractivity contribution in [2.24, 2.45) is 0 Å². The van der Waals surface area contributed by atoms with Crippen molar-refractivity contribution in [3.8, 4) is 11.5 Å². The molecule has 2 atom stereocenters. The van der Waals surface area contributed by atoms with Crippen molar-refractivity contribution in [2.75, 3.05) is 34.4 Å². The molecule has 2 aliphatic rings. The molecule has 0 saturated carbocycles. The Kier molecular flexibility index (Phi) is 5.84. The molecule has 5 heteroatoms. The highest BCUT2D eigenvalue weighted by molar-refractivity contribution is 5.77. The number of benzene rings is 1. The number of aryl methyl sites for hydroxylation is 1. The molecule has 0 radical (unpaired) electrons. The van der Waals surface area contributed by atoms with E-state index >= 15 is 0 Å². The third kappa shape index (κ3) is 3.92. The fraction of sp³-hybridized carbons (Fsp3) is 0.650. The predicted molar refractivity (Wildman–Crippen MR) is 98.3 cm³/mol. The Labute approximate surface area is 150 Å². The van der Waals surface area contributed by atoms with Gasteiger partial charge in [-0.3, -0.25) is 4.79 Å². The molecule has 25 heavy (non-hydrogen) atoms. The molecule has 1 amide bonds. The topological polar surface area (TPSA) is 42.0 Å². The van der Waals surface area contributed by atoms with Gasteiger partial charge in [0.25, 0.3) is 0 Å². The highest BCUT2D eigenvalue weighted by Crippen LogP contribution is 2.30. The van der Waals surface area contributed by atoms with Crippen molar-refractivity contribution < 1.29 is 14.3 Å². The summed E-state index contributed by atoms with van der Waals surface area (Å²) < 4.78 is 10.6. The molecular formula is C20H30N2O3. The van der Waals surface area contributed by atoms with Crippen LogP contribution in [0.4, 0.5) is 0 Å². The number of ether oxygens (including phenoxy) is 2. The second kappa shape index (κ2) is 8.09. The Morgan fingerprint density at radius 1 is 1.08 bits per heavy atom. The van der Waals surface area contributed by atoms with Crippen LogP contribution in [0.1, 0.15) is 37.7 Å². The largest absolute Gasteiger partial charge is 0.493 e. The van der Waals surface area contributed by atoms with Gasteiger partial charge in [-0.1, -0.05) is 6.07 Å². The molecule has 3 rings (SSSR count). The quantitative estimate of drug-likeness (QED) is 0.794. The zero-order valence-corrected chi connectivity index (χ0v) is 15.7. The summed E-state index contributed by atoms with van der Waals surface area (Å²) >= 11 is 0. The summed E-state index contributed by atoms with van der Waals surface area (Å²) in [6.45, 7) is 2.08. The lowest BCUT2D eigenvalue weighted by molar-refractivity contribution is -0.132. The van der Waals surface area contributed by atoms with Crippen molar-refractivity contribution in [1.82, 2.24) is 9.80 Å². The van der Waals surface area contributed by atoms with Gasteiger partial charge in [-0.15, -0.1) is 0 Å². The number of carbonyl (C=O) groups excluding carboxylic acids is 1. The van der Waals surface area contributed by atoms with E-state index in [0.717, 1.165) is 49.4 Å². The third-order valence-electron chi connectivity index (χ3n) is 5.72. The Balaban J connectivity index is 1.60. The zero-order chi connectivity index (χ0) is 17.8. The van der Waals surface area contributed by atoms with Gasteiger partial charge in [0.15, 0.2) is 11.5 Å². The fourth-order valence-electron chi connectivity index (χ4n) is 4.36. The predicted octanol–water partition coefficient (Wildman–Crippen LogP) is 2.72. The molecule has 138 valence electrons. The molecule has 1 aromatic rings. The van der Waals surface area contributed by atoms with Gasteiger partial charge in [0, 0.05) is 25.0 Å². The van der Waals surface area contributed by atoms with Gasteiger partial charge in [-0.2, -0.15) is 0 Å². The number of likely N-dealkylation sites (N-methyl/N-ethyl adjacent to an activating group) is 1. The van der Waals surface area contributed by atoms with E-state index in [2.05, 4.69) is 16.8 Å². The smallest absolute Gasteiger partial charge is 0.223 e. The third-order valence-corrected chi connectivity index (χ3v) is 5.72. The average molecular weight is 346 g/mol. The van der Waals surface area contributed by atoms with Gasteiger partial charge in [0.2, 0.25) is 5.91 Å². The van der Waals surface area contributed by atoms with Gasteiger partial charge in [0.1, 0.15) is 0 Å². The minimum absolute atomic E-state index is 0.289. The first kappa shape index (κ1) is 18.1. The van der Waals surface area contributed by atoms with Gasteiger partial charge in [-0.25, -0.2) is 0 Å². The average Bonchev–Trinajstić information content (AvgIpc) is 3.27. The van der Waals surface area contributed by atoms with Gasteiger partial charge in [-0.05, 0) is 63.4 Å². The monoisotopic (exact) mass is 346 g/mol. The van der Waals surface area contributed by atoms with E-state index in [9.17, 15) is 4.79 Å². The van der Waals surface area contributed by atoms with Crippen LogP contribution < -0.4 is 9.47 Å². The lowest BCUT2D eigenvalue weighted by Crippen LogP contribution is -2.47. The highest BCUT2D eigenvalue weighted by Gasteiger charge is 2.37. The van der Waals surface area contributed by atoms with Gasteiger partial charge >= 0.3 is 0 Å². The number of hydrogen-bond acceptors (Lipinski definition) is 4. The summed E-state index contributed by atoms with van der Waals surface area (Å²) in [4.78, 5) is 17.4.